The van der Waals surface area contributed by atoms with Crippen LogP contribution < -0.4 is 5.32 Å². The summed E-state index contributed by atoms with van der Waals surface area (Å²) in [6, 6.07) is 6.33. The van der Waals surface area contributed by atoms with Crippen molar-refractivity contribution >= 4 is 15.9 Å². The molecule has 2 rings (SSSR count). The molecule has 1 heterocycles. The molecular formula is C18H28N2O3S. The monoisotopic (exact) mass is 352 g/mol. The van der Waals surface area contributed by atoms with Crippen LogP contribution in [0.5, 0.6) is 0 Å². The van der Waals surface area contributed by atoms with E-state index in [0.29, 0.717) is 18.0 Å². The summed E-state index contributed by atoms with van der Waals surface area (Å²) in [6.07, 6.45) is 2.87. The minimum Gasteiger partial charge on any atom is -0.349 e. The number of sulfonamides is 1. The molecule has 24 heavy (non-hydrogen) atoms. The van der Waals surface area contributed by atoms with Gasteiger partial charge in [0, 0.05) is 24.2 Å². The Morgan fingerprint density at radius 3 is 2.33 bits per heavy atom. The largest absolute Gasteiger partial charge is 0.349 e. The number of benzene rings is 1. The zero-order chi connectivity index (χ0) is 17.9. The molecule has 134 valence electrons. The molecule has 1 amide bonds. The fraction of sp³-hybridized carbons (Fsp3) is 0.611. The van der Waals surface area contributed by atoms with E-state index >= 15 is 0 Å². The van der Waals surface area contributed by atoms with Crippen LogP contribution in [-0.4, -0.2) is 37.3 Å². The van der Waals surface area contributed by atoms with Crippen LogP contribution in [0.2, 0.25) is 0 Å². The quantitative estimate of drug-likeness (QED) is 0.886. The van der Waals surface area contributed by atoms with Gasteiger partial charge in [-0.2, -0.15) is 4.31 Å². The van der Waals surface area contributed by atoms with Crippen molar-refractivity contribution in [2.75, 3.05) is 6.54 Å². The summed E-state index contributed by atoms with van der Waals surface area (Å²) in [5, 5.41) is 2.93. The Morgan fingerprint density at radius 2 is 1.79 bits per heavy atom. The van der Waals surface area contributed by atoms with Crippen molar-refractivity contribution in [3.05, 3.63) is 29.8 Å². The molecule has 5 nitrogen and oxygen atoms in total. The van der Waals surface area contributed by atoms with Gasteiger partial charge in [0.15, 0.2) is 0 Å². The standard InChI is InChI=1S/C18H28N2O3S/c1-13(2)15(4)19-18(21)16-8-10-17(11-9-16)24(22,23)20-12-6-5-7-14(20)3/h8-11,13-15H,5-7,12H2,1-4H3,(H,19,21)/t14-,15-/m0/s1. The molecule has 1 aliphatic rings. The maximum absolute atomic E-state index is 12.8. The Kier molecular flexibility index (Phi) is 6.04. The van der Waals surface area contributed by atoms with Gasteiger partial charge in [-0.25, -0.2) is 8.42 Å². The van der Waals surface area contributed by atoms with E-state index in [1.807, 2.05) is 27.7 Å². The summed E-state index contributed by atoms with van der Waals surface area (Å²) in [5.41, 5.74) is 0.480. The molecule has 6 heteroatoms. The Hall–Kier alpha value is -1.40. The van der Waals surface area contributed by atoms with Crippen molar-refractivity contribution in [2.45, 2.75) is 63.9 Å². The van der Waals surface area contributed by atoms with Crippen molar-refractivity contribution in [1.82, 2.24) is 9.62 Å². The fourth-order valence-corrected chi connectivity index (χ4v) is 4.50. The first-order chi connectivity index (χ1) is 11.2. The van der Waals surface area contributed by atoms with Crippen LogP contribution in [0.4, 0.5) is 0 Å². The van der Waals surface area contributed by atoms with Gasteiger partial charge in [-0.3, -0.25) is 4.79 Å². The molecule has 1 aromatic carbocycles. The molecule has 0 radical (unpaired) electrons. The van der Waals surface area contributed by atoms with E-state index in [2.05, 4.69) is 5.32 Å². The zero-order valence-corrected chi connectivity index (χ0v) is 15.8. The first-order valence-electron chi connectivity index (χ1n) is 8.66. The van der Waals surface area contributed by atoms with E-state index in [0.717, 1.165) is 19.3 Å². The second-order valence-corrected chi connectivity index (χ2v) is 8.88. The SMILES string of the molecule is CC(C)[C@H](C)NC(=O)c1ccc(S(=O)(=O)N2CCCC[C@@H]2C)cc1. The normalized spacial score (nSPS) is 20.8. The second-order valence-electron chi connectivity index (χ2n) is 6.99. The maximum Gasteiger partial charge on any atom is 0.251 e. The van der Waals surface area contributed by atoms with Gasteiger partial charge in [0.1, 0.15) is 0 Å². The van der Waals surface area contributed by atoms with Gasteiger partial charge in [-0.1, -0.05) is 20.3 Å². The number of nitrogens with zero attached hydrogens (tertiary/aromatic N) is 1. The molecule has 0 aromatic heterocycles. The van der Waals surface area contributed by atoms with Gasteiger partial charge in [0.25, 0.3) is 5.91 Å². The second kappa shape index (κ2) is 7.66. The molecule has 0 unspecified atom stereocenters. The maximum atomic E-state index is 12.8. The minimum absolute atomic E-state index is 0.0265. The number of hydrogen-bond donors (Lipinski definition) is 1. The van der Waals surface area contributed by atoms with E-state index in [1.165, 1.54) is 12.1 Å². The number of rotatable bonds is 5. The van der Waals surface area contributed by atoms with Gasteiger partial charge < -0.3 is 5.32 Å². The highest BCUT2D eigenvalue weighted by atomic mass is 32.2. The van der Waals surface area contributed by atoms with Crippen LogP contribution in [0.1, 0.15) is 57.3 Å². The molecule has 0 spiro atoms. The molecule has 1 aromatic rings. The van der Waals surface area contributed by atoms with Gasteiger partial charge >= 0.3 is 0 Å². The molecule has 0 aliphatic carbocycles. The van der Waals surface area contributed by atoms with Gasteiger partial charge in [-0.05, 0) is 56.9 Å². The lowest BCUT2D eigenvalue weighted by Crippen LogP contribution is -2.41. The van der Waals surface area contributed by atoms with E-state index in [9.17, 15) is 13.2 Å². The number of piperidine rings is 1. The van der Waals surface area contributed by atoms with Crippen LogP contribution in [0, 0.1) is 5.92 Å². The Morgan fingerprint density at radius 1 is 1.17 bits per heavy atom. The van der Waals surface area contributed by atoms with E-state index in [4.69, 9.17) is 0 Å². The molecule has 1 N–H and O–H groups in total. The third kappa shape index (κ3) is 4.16. The molecule has 2 atom stereocenters. The van der Waals surface area contributed by atoms with Crippen LogP contribution in [0.3, 0.4) is 0 Å². The summed E-state index contributed by atoms with van der Waals surface area (Å²) in [5.74, 6) is 0.167. The minimum atomic E-state index is -3.49. The van der Waals surface area contributed by atoms with Gasteiger partial charge in [-0.15, -0.1) is 0 Å². The first kappa shape index (κ1) is 18.9. The van der Waals surface area contributed by atoms with Crippen molar-refractivity contribution in [3.8, 4) is 0 Å². The number of carbonyl (C=O) groups is 1. The smallest absolute Gasteiger partial charge is 0.251 e. The number of amides is 1. The van der Waals surface area contributed by atoms with E-state index < -0.39 is 10.0 Å². The summed E-state index contributed by atoms with van der Waals surface area (Å²) in [6.45, 7) is 8.56. The van der Waals surface area contributed by atoms with Crippen LogP contribution in [0.15, 0.2) is 29.2 Å². The summed E-state index contributed by atoms with van der Waals surface area (Å²) >= 11 is 0. The number of hydrogen-bond acceptors (Lipinski definition) is 3. The highest BCUT2D eigenvalue weighted by Crippen LogP contribution is 2.25. The predicted molar refractivity (Wildman–Crippen MR) is 95.4 cm³/mol. The summed E-state index contributed by atoms with van der Waals surface area (Å²) < 4.78 is 27.1. The van der Waals surface area contributed by atoms with Crippen molar-refractivity contribution in [2.24, 2.45) is 5.92 Å². The van der Waals surface area contributed by atoms with Gasteiger partial charge in [0.05, 0.1) is 4.90 Å². The predicted octanol–water partition coefficient (Wildman–Crippen LogP) is 3.02. The summed E-state index contributed by atoms with van der Waals surface area (Å²) in [4.78, 5) is 12.5. The Bertz CT molecular complexity index is 668. The van der Waals surface area contributed by atoms with Crippen LogP contribution in [-0.2, 0) is 10.0 Å². The molecular weight excluding hydrogens is 324 g/mol. The lowest BCUT2D eigenvalue weighted by atomic mass is 10.1. The first-order valence-corrected chi connectivity index (χ1v) is 10.1. The molecule has 0 saturated carbocycles. The van der Waals surface area contributed by atoms with Crippen LogP contribution in [0.25, 0.3) is 0 Å². The van der Waals surface area contributed by atoms with Crippen LogP contribution >= 0.6 is 0 Å². The fourth-order valence-electron chi connectivity index (χ4n) is 2.80. The van der Waals surface area contributed by atoms with Gasteiger partial charge in [0.2, 0.25) is 10.0 Å². The topological polar surface area (TPSA) is 66.5 Å². The molecule has 0 bridgehead atoms. The lowest BCUT2D eigenvalue weighted by Gasteiger charge is -2.32. The molecule has 1 saturated heterocycles. The Labute approximate surface area is 145 Å². The van der Waals surface area contributed by atoms with Crippen molar-refractivity contribution in [1.29, 1.82) is 0 Å². The summed E-state index contributed by atoms with van der Waals surface area (Å²) in [7, 11) is -3.49. The number of carbonyl (C=O) groups excluding carboxylic acids is 1. The van der Waals surface area contributed by atoms with E-state index in [-0.39, 0.29) is 22.9 Å². The van der Waals surface area contributed by atoms with E-state index in [1.54, 1.807) is 16.4 Å². The average molecular weight is 353 g/mol. The Balaban J connectivity index is 2.15. The van der Waals surface area contributed by atoms with Crippen molar-refractivity contribution in [3.63, 3.8) is 0 Å². The average Bonchev–Trinajstić information content (AvgIpc) is 2.55. The third-order valence-corrected chi connectivity index (χ3v) is 6.85. The van der Waals surface area contributed by atoms with Crippen molar-refractivity contribution < 1.29 is 13.2 Å². The third-order valence-electron chi connectivity index (χ3n) is 4.82. The molecule has 1 aliphatic heterocycles. The number of nitrogens with one attached hydrogen (secondary N) is 1. The lowest BCUT2D eigenvalue weighted by molar-refractivity contribution is 0.0930. The molecule has 1 fully saturated rings. The zero-order valence-electron chi connectivity index (χ0n) is 15.0. The highest BCUT2D eigenvalue weighted by molar-refractivity contribution is 7.89. The highest BCUT2D eigenvalue weighted by Gasteiger charge is 2.30.